The van der Waals surface area contributed by atoms with Crippen LogP contribution in [0.25, 0.3) is 21.4 Å². The van der Waals surface area contributed by atoms with Crippen LogP contribution in [-0.4, -0.2) is 66.4 Å². The second kappa shape index (κ2) is 16.3. The zero-order valence-electron chi connectivity index (χ0n) is 19.6. The molecule has 0 atom stereocenters. The Morgan fingerprint density at radius 1 is 0.789 bits per heavy atom. The van der Waals surface area contributed by atoms with E-state index in [4.69, 9.17) is 10.2 Å². The Balaban J connectivity index is 0.000000669. The van der Waals surface area contributed by atoms with Gasteiger partial charge in [-0.25, -0.2) is 24.4 Å². The molecule has 4 heterocycles. The van der Waals surface area contributed by atoms with Gasteiger partial charge in [-0.05, 0) is 31.2 Å². The molecule has 38 heavy (non-hydrogen) atoms. The minimum Gasteiger partial charge on any atom is -0.870 e. The summed E-state index contributed by atoms with van der Waals surface area (Å²) in [4.78, 5) is 59.7. The molecule has 0 bridgehead atoms. The zero-order chi connectivity index (χ0) is 25.5. The third-order valence-corrected chi connectivity index (χ3v) is 5.97. The van der Waals surface area contributed by atoms with E-state index >= 15 is 0 Å². The Kier molecular flexibility index (Phi) is 15.1. The van der Waals surface area contributed by atoms with Gasteiger partial charge in [0.05, 0.1) is 24.1 Å². The molecule has 0 aliphatic carbocycles. The molecule has 0 aromatic carbocycles. The smallest absolute Gasteiger partial charge is 0.870 e. The summed E-state index contributed by atoms with van der Waals surface area (Å²) in [6, 6.07) is 6.28. The number of ketones is 1. The Bertz CT molecular complexity index is 1390. The molecular weight excluding hydrogens is 564 g/mol. The van der Waals surface area contributed by atoms with Gasteiger partial charge in [-0.3, -0.25) is 14.8 Å². The molecule has 0 fully saturated rings. The van der Waals surface area contributed by atoms with Gasteiger partial charge in [-0.1, -0.05) is 7.43 Å². The summed E-state index contributed by atoms with van der Waals surface area (Å²) in [5.41, 5.74) is 1.91. The number of ether oxygens (including phenoxy) is 1. The summed E-state index contributed by atoms with van der Waals surface area (Å²) >= 11 is 2.44. The summed E-state index contributed by atoms with van der Waals surface area (Å²) in [5.74, 6) is -2.68. The van der Waals surface area contributed by atoms with Gasteiger partial charge in [0.1, 0.15) is 10.0 Å². The number of esters is 1. The molecule has 194 valence electrons. The normalized spacial score (nSPS) is 9.32. The van der Waals surface area contributed by atoms with Crippen molar-refractivity contribution in [3.63, 3.8) is 0 Å². The molecule has 4 aromatic heterocycles. The van der Waals surface area contributed by atoms with Crippen LogP contribution in [0.1, 0.15) is 56.0 Å². The van der Waals surface area contributed by atoms with Crippen LogP contribution in [0, 0.1) is 0 Å². The monoisotopic (exact) mass is 584 g/mol. The van der Waals surface area contributed by atoms with E-state index in [-0.39, 0.29) is 87.0 Å². The van der Waals surface area contributed by atoms with Crippen LogP contribution in [0.2, 0.25) is 0 Å². The van der Waals surface area contributed by atoms with Crippen molar-refractivity contribution in [3.8, 4) is 21.4 Å². The molecule has 0 radical (unpaired) electrons. The molecule has 0 aliphatic rings. The molecule has 0 spiro atoms. The summed E-state index contributed by atoms with van der Waals surface area (Å²) in [7, 11) is 1.31. The van der Waals surface area contributed by atoms with Gasteiger partial charge in [-0.15, -0.1) is 22.7 Å². The number of aromatic carboxylic acids is 2. The number of hydrogen-bond acceptors (Lipinski definition) is 12. The van der Waals surface area contributed by atoms with Crippen molar-refractivity contribution in [1.29, 1.82) is 0 Å². The van der Waals surface area contributed by atoms with Gasteiger partial charge in [-0.2, -0.15) is 0 Å². The maximum atomic E-state index is 11.3. The average Bonchev–Trinajstić information content (AvgIpc) is 3.55. The van der Waals surface area contributed by atoms with Gasteiger partial charge >= 0.3 is 69.3 Å². The maximum Gasteiger partial charge on any atom is 1.00 e. The molecule has 4 aromatic rings. The fraction of sp³-hybridized carbons (Fsp3) is 0.130. The van der Waals surface area contributed by atoms with Crippen molar-refractivity contribution in [1.82, 2.24) is 19.9 Å². The third-order valence-electron chi connectivity index (χ3n) is 4.24. The number of thiazole rings is 2. The quantitative estimate of drug-likeness (QED) is 0.187. The number of carboxylic acids is 2. The van der Waals surface area contributed by atoms with Crippen molar-refractivity contribution in [3.05, 3.63) is 69.9 Å². The van der Waals surface area contributed by atoms with E-state index in [1.54, 1.807) is 17.5 Å². The van der Waals surface area contributed by atoms with Gasteiger partial charge in [0.2, 0.25) is 0 Å². The van der Waals surface area contributed by atoms with Crippen LogP contribution < -0.4 is 51.4 Å². The van der Waals surface area contributed by atoms with Crippen molar-refractivity contribution in [2.75, 3.05) is 7.11 Å². The van der Waals surface area contributed by atoms with Gasteiger partial charge in [0.25, 0.3) is 0 Å². The summed E-state index contributed by atoms with van der Waals surface area (Å²) in [6.45, 7) is 1.48. The number of rotatable bonds is 6. The summed E-state index contributed by atoms with van der Waals surface area (Å²) in [6.07, 6.45) is 2.70. The zero-order valence-corrected chi connectivity index (χ0v) is 24.4. The number of carbonyl (C=O) groups excluding carboxylic acids is 2. The van der Waals surface area contributed by atoms with E-state index in [0.717, 1.165) is 11.3 Å². The SMILES string of the molecule is C.COC(=O)c1csc(-c2ccc(C(C)=O)cn2)n1.O=C(O)c1ccc(-c2nc(C(=O)O)cs2)nc1.[K+].[OH-]. The molecule has 0 saturated carbocycles. The summed E-state index contributed by atoms with van der Waals surface area (Å²) < 4.78 is 4.58. The number of carboxylic acid groups (broad SMARTS) is 2. The van der Waals surface area contributed by atoms with Gasteiger partial charge in [0, 0.05) is 28.7 Å². The van der Waals surface area contributed by atoms with Crippen LogP contribution in [0.15, 0.2) is 47.4 Å². The molecule has 4 rings (SSSR count). The van der Waals surface area contributed by atoms with Crippen molar-refractivity contribution < 1.29 is 91.0 Å². The Hall–Kier alpha value is -2.76. The molecule has 0 aliphatic heterocycles. The Labute approximate surface area is 267 Å². The first-order valence-corrected chi connectivity index (χ1v) is 11.3. The van der Waals surface area contributed by atoms with E-state index in [2.05, 4.69) is 24.7 Å². The van der Waals surface area contributed by atoms with E-state index in [0.29, 0.717) is 27.0 Å². The predicted molar refractivity (Wildman–Crippen MR) is 135 cm³/mol. The predicted octanol–water partition coefficient (Wildman–Crippen LogP) is 1.26. The first-order chi connectivity index (χ1) is 16.7. The van der Waals surface area contributed by atoms with Gasteiger partial charge in [0.15, 0.2) is 17.2 Å². The maximum absolute atomic E-state index is 11.3. The average molecular weight is 585 g/mol. The molecule has 3 N–H and O–H groups in total. The van der Waals surface area contributed by atoms with Gasteiger partial charge < -0.3 is 20.4 Å². The topological polar surface area (TPSA) is 200 Å². The van der Waals surface area contributed by atoms with Crippen molar-refractivity contribution in [2.24, 2.45) is 0 Å². The molecular formula is C23H21KN4O8S2. The minimum absolute atomic E-state index is 0. The van der Waals surface area contributed by atoms with Crippen molar-refractivity contribution in [2.45, 2.75) is 14.4 Å². The number of methoxy groups -OCH3 is 1. The molecule has 12 nitrogen and oxygen atoms in total. The fourth-order valence-electron chi connectivity index (χ4n) is 2.45. The van der Waals surface area contributed by atoms with E-state index in [1.165, 1.54) is 55.3 Å². The van der Waals surface area contributed by atoms with E-state index < -0.39 is 17.9 Å². The third kappa shape index (κ3) is 9.21. The number of nitrogens with zero attached hydrogens (tertiary/aromatic N) is 4. The number of pyridine rings is 2. The largest absolute Gasteiger partial charge is 1.00 e. The van der Waals surface area contributed by atoms with E-state index in [1.807, 2.05) is 0 Å². The first kappa shape index (κ1) is 35.2. The van der Waals surface area contributed by atoms with Crippen molar-refractivity contribution >= 4 is 46.4 Å². The number of carbonyl (C=O) groups is 4. The molecule has 0 unspecified atom stereocenters. The van der Waals surface area contributed by atoms with Crippen LogP contribution in [0.4, 0.5) is 0 Å². The fourth-order valence-corrected chi connectivity index (χ4v) is 3.99. The van der Waals surface area contributed by atoms with Crippen LogP contribution in [-0.2, 0) is 4.74 Å². The van der Waals surface area contributed by atoms with Crippen LogP contribution in [0.3, 0.4) is 0 Å². The summed E-state index contributed by atoms with van der Waals surface area (Å²) in [5, 5.41) is 21.5. The molecule has 0 amide bonds. The second-order valence-electron chi connectivity index (χ2n) is 6.60. The van der Waals surface area contributed by atoms with Crippen LogP contribution in [0.5, 0.6) is 0 Å². The second-order valence-corrected chi connectivity index (χ2v) is 8.31. The minimum atomic E-state index is -1.10. The van der Waals surface area contributed by atoms with E-state index in [9.17, 15) is 19.2 Å². The van der Waals surface area contributed by atoms with Crippen LogP contribution >= 0.6 is 22.7 Å². The standard InChI is InChI=1S/C12H10N2O3S.C10H6N2O4S.CH4.K.H2O/c1-7(15)8-3-4-9(13-5-8)11-14-10(6-18-11)12(16)17-2;13-9(14)5-1-2-6(11-3-5)8-12-7(4-17-8)10(15)16;;;/h3-6H,1-2H3;1-4H,(H,13,14)(H,15,16);1H4;;1H2/q;;;+1;/p-1. The number of Topliss-reactive ketones (excluding diaryl/α,β-unsaturated/α-hetero) is 1. The first-order valence-electron chi connectivity index (χ1n) is 9.59. The Morgan fingerprint density at radius 2 is 1.26 bits per heavy atom. The molecule has 15 heteroatoms. The molecule has 0 saturated heterocycles. The number of hydrogen-bond donors (Lipinski definition) is 2. The number of aromatic nitrogens is 4. The Morgan fingerprint density at radius 3 is 1.63 bits per heavy atom.